The maximum atomic E-state index is 11.8. The van der Waals surface area contributed by atoms with Crippen molar-refractivity contribution in [1.29, 1.82) is 0 Å². The number of nitrogens with one attached hydrogen (secondary N) is 3. The number of hydrogen-bond acceptors (Lipinski definition) is 5. The number of hydrazine groups is 1. The van der Waals surface area contributed by atoms with E-state index < -0.39 is 30.3 Å². The Balaban J connectivity index is 1.64. The normalized spacial score (nSPS) is 10.0. The van der Waals surface area contributed by atoms with Crippen molar-refractivity contribution in [2.45, 2.75) is 12.8 Å². The summed E-state index contributed by atoms with van der Waals surface area (Å²) in [7, 11) is 0. The van der Waals surface area contributed by atoms with E-state index in [0.29, 0.717) is 21.3 Å². The van der Waals surface area contributed by atoms with Crippen LogP contribution in [0.2, 0.25) is 10.0 Å². The monoisotopic (exact) mass is 437 g/mol. The van der Waals surface area contributed by atoms with Crippen molar-refractivity contribution in [3.63, 3.8) is 0 Å². The molecule has 0 spiro atoms. The molecule has 10 heteroatoms. The van der Waals surface area contributed by atoms with Gasteiger partial charge in [0.2, 0.25) is 5.91 Å². The molecule has 8 nitrogen and oxygen atoms in total. The molecule has 29 heavy (non-hydrogen) atoms. The minimum absolute atomic E-state index is 0.230. The molecule has 0 aliphatic heterocycles. The van der Waals surface area contributed by atoms with E-state index in [0.717, 1.165) is 0 Å². The maximum absolute atomic E-state index is 11.8. The third kappa shape index (κ3) is 7.81. The predicted molar refractivity (Wildman–Crippen MR) is 107 cm³/mol. The Kier molecular flexibility index (Phi) is 8.45. The molecule has 0 heterocycles. The summed E-state index contributed by atoms with van der Waals surface area (Å²) in [6.07, 6.45) is -0.492. The number of rotatable bonds is 7. The minimum atomic E-state index is -0.738. The number of carbonyl (C=O) groups excluding carboxylic acids is 4. The second-order valence-electron chi connectivity index (χ2n) is 5.70. The van der Waals surface area contributed by atoms with Gasteiger partial charge in [-0.15, -0.1) is 0 Å². The van der Waals surface area contributed by atoms with Gasteiger partial charge in [-0.1, -0.05) is 35.3 Å². The molecule has 0 aliphatic rings. The molecule has 0 saturated carbocycles. The minimum Gasteiger partial charge on any atom is -0.456 e. The molecule has 0 unspecified atom stereocenters. The lowest BCUT2D eigenvalue weighted by Gasteiger charge is -2.09. The Hall–Kier alpha value is -3.10. The van der Waals surface area contributed by atoms with Gasteiger partial charge in [-0.2, -0.15) is 0 Å². The highest BCUT2D eigenvalue weighted by molar-refractivity contribution is 6.33. The van der Waals surface area contributed by atoms with E-state index in [9.17, 15) is 19.2 Å². The molecular formula is C19H17Cl2N3O5. The number of para-hydroxylation sites is 1. The van der Waals surface area contributed by atoms with Gasteiger partial charge in [-0.05, 0) is 36.4 Å². The summed E-state index contributed by atoms with van der Waals surface area (Å²) in [4.78, 5) is 47.0. The quantitative estimate of drug-likeness (QED) is 0.455. The van der Waals surface area contributed by atoms with Crippen LogP contribution in [-0.4, -0.2) is 30.3 Å². The first-order valence-corrected chi connectivity index (χ1v) is 9.15. The summed E-state index contributed by atoms with van der Waals surface area (Å²) in [6.45, 7) is -0.515. The zero-order chi connectivity index (χ0) is 21.2. The van der Waals surface area contributed by atoms with Crippen LogP contribution in [0.4, 0.5) is 5.69 Å². The smallest absolute Gasteiger partial charge is 0.306 e. The van der Waals surface area contributed by atoms with Gasteiger partial charge < -0.3 is 10.1 Å². The summed E-state index contributed by atoms with van der Waals surface area (Å²) in [5, 5.41) is 3.33. The molecule has 2 aromatic carbocycles. The fourth-order valence-electron chi connectivity index (χ4n) is 2.05. The molecule has 3 amide bonds. The Morgan fingerprint density at radius 1 is 0.828 bits per heavy atom. The second-order valence-corrected chi connectivity index (χ2v) is 6.54. The number of anilines is 1. The lowest BCUT2D eigenvalue weighted by molar-refractivity contribution is -0.148. The first-order chi connectivity index (χ1) is 13.8. The largest absolute Gasteiger partial charge is 0.456 e. The average molecular weight is 438 g/mol. The van der Waals surface area contributed by atoms with Crippen LogP contribution in [0.3, 0.4) is 0 Å². The van der Waals surface area contributed by atoms with E-state index >= 15 is 0 Å². The maximum Gasteiger partial charge on any atom is 0.306 e. The van der Waals surface area contributed by atoms with E-state index in [1.807, 2.05) is 0 Å². The van der Waals surface area contributed by atoms with Crippen molar-refractivity contribution in [2.24, 2.45) is 0 Å². The first kappa shape index (κ1) is 22.2. The van der Waals surface area contributed by atoms with Gasteiger partial charge in [0.25, 0.3) is 11.8 Å². The molecule has 0 aliphatic carbocycles. The Labute approximate surface area is 176 Å². The number of benzene rings is 2. The van der Waals surface area contributed by atoms with Crippen molar-refractivity contribution >= 4 is 52.6 Å². The average Bonchev–Trinajstić information content (AvgIpc) is 2.71. The van der Waals surface area contributed by atoms with Crippen LogP contribution < -0.4 is 16.2 Å². The molecule has 3 N–H and O–H groups in total. The predicted octanol–water partition coefficient (Wildman–Crippen LogP) is 2.72. The van der Waals surface area contributed by atoms with E-state index in [-0.39, 0.29) is 12.8 Å². The zero-order valence-corrected chi connectivity index (χ0v) is 16.5. The van der Waals surface area contributed by atoms with Crippen LogP contribution in [0.5, 0.6) is 0 Å². The van der Waals surface area contributed by atoms with Crippen LogP contribution in [0.15, 0.2) is 48.5 Å². The fourth-order valence-corrected chi connectivity index (χ4v) is 2.35. The van der Waals surface area contributed by atoms with Gasteiger partial charge in [0, 0.05) is 17.0 Å². The summed E-state index contributed by atoms with van der Waals surface area (Å²) in [6, 6.07) is 12.7. The fraction of sp³-hybridized carbons (Fsp3) is 0.158. The molecule has 152 valence electrons. The van der Waals surface area contributed by atoms with Gasteiger partial charge in [0.1, 0.15) is 0 Å². The number of ether oxygens (including phenoxy) is 1. The van der Waals surface area contributed by atoms with Crippen LogP contribution in [0.1, 0.15) is 23.2 Å². The van der Waals surface area contributed by atoms with Crippen molar-refractivity contribution in [2.75, 3.05) is 11.9 Å². The SMILES string of the molecule is O=C(CCC(=O)OCC(=O)Nc1ccccc1Cl)NNC(=O)c1ccc(Cl)cc1. The number of halogens is 2. The van der Waals surface area contributed by atoms with Crippen LogP contribution in [0, 0.1) is 0 Å². The number of esters is 1. The zero-order valence-electron chi connectivity index (χ0n) is 15.0. The van der Waals surface area contributed by atoms with Gasteiger partial charge in [-0.25, -0.2) is 0 Å². The van der Waals surface area contributed by atoms with E-state index in [2.05, 4.69) is 16.2 Å². The lowest BCUT2D eigenvalue weighted by atomic mass is 10.2. The van der Waals surface area contributed by atoms with Crippen molar-refractivity contribution in [1.82, 2.24) is 10.9 Å². The van der Waals surface area contributed by atoms with Crippen molar-refractivity contribution < 1.29 is 23.9 Å². The number of amides is 3. The van der Waals surface area contributed by atoms with E-state index in [4.69, 9.17) is 27.9 Å². The highest BCUT2D eigenvalue weighted by Gasteiger charge is 2.12. The van der Waals surface area contributed by atoms with E-state index in [1.165, 1.54) is 24.3 Å². The van der Waals surface area contributed by atoms with Crippen molar-refractivity contribution in [3.8, 4) is 0 Å². The van der Waals surface area contributed by atoms with Gasteiger partial charge >= 0.3 is 5.97 Å². The van der Waals surface area contributed by atoms with Crippen LogP contribution >= 0.6 is 23.2 Å². The molecule has 0 bridgehead atoms. The molecule has 0 atom stereocenters. The number of hydrogen-bond donors (Lipinski definition) is 3. The molecular weight excluding hydrogens is 421 g/mol. The molecule has 0 aromatic heterocycles. The van der Waals surface area contributed by atoms with Crippen LogP contribution in [0.25, 0.3) is 0 Å². The molecule has 0 fully saturated rings. The third-order valence-corrected chi connectivity index (χ3v) is 4.07. The molecule has 2 aromatic rings. The highest BCUT2D eigenvalue weighted by Crippen LogP contribution is 2.20. The third-order valence-electron chi connectivity index (χ3n) is 3.49. The molecule has 0 saturated heterocycles. The summed E-state index contributed by atoms with van der Waals surface area (Å²) >= 11 is 11.6. The summed E-state index contributed by atoms with van der Waals surface area (Å²) < 4.78 is 4.80. The summed E-state index contributed by atoms with van der Waals surface area (Å²) in [5.41, 5.74) is 5.09. The van der Waals surface area contributed by atoms with Gasteiger partial charge in [0.15, 0.2) is 6.61 Å². The Morgan fingerprint density at radius 3 is 2.21 bits per heavy atom. The van der Waals surface area contributed by atoms with Crippen molar-refractivity contribution in [3.05, 3.63) is 64.1 Å². The first-order valence-electron chi connectivity index (χ1n) is 8.40. The highest BCUT2D eigenvalue weighted by atomic mass is 35.5. The Bertz CT molecular complexity index is 903. The lowest BCUT2D eigenvalue weighted by Crippen LogP contribution is -2.41. The molecule has 2 rings (SSSR count). The van der Waals surface area contributed by atoms with Gasteiger partial charge in [0.05, 0.1) is 17.1 Å². The Morgan fingerprint density at radius 2 is 1.52 bits per heavy atom. The number of carbonyl (C=O) groups is 4. The molecule has 0 radical (unpaired) electrons. The second kappa shape index (κ2) is 11.0. The van der Waals surface area contributed by atoms with Gasteiger partial charge in [-0.3, -0.25) is 30.0 Å². The standard InChI is InChI=1S/C19H17Cl2N3O5/c20-13-7-5-12(6-8-13)19(28)24-23-16(25)9-10-18(27)29-11-17(26)22-15-4-2-1-3-14(15)21/h1-8H,9-11H2,(H,22,26)(H,23,25)(H,24,28). The summed E-state index contributed by atoms with van der Waals surface area (Å²) in [5.74, 6) is -2.43. The van der Waals surface area contributed by atoms with Crippen LogP contribution in [-0.2, 0) is 19.1 Å². The topological polar surface area (TPSA) is 114 Å². The van der Waals surface area contributed by atoms with E-state index in [1.54, 1.807) is 24.3 Å².